The lowest BCUT2D eigenvalue weighted by Gasteiger charge is -2.57. The molecule has 20 heavy (non-hydrogen) atoms. The van der Waals surface area contributed by atoms with Gasteiger partial charge in [0.25, 0.3) is 6.43 Å². The molecule has 4 heteroatoms. The second-order valence-electron chi connectivity index (χ2n) is 7.49. The minimum atomic E-state index is -2.31. The third-order valence-corrected chi connectivity index (χ3v) is 5.84. The number of rotatable bonds is 4. The van der Waals surface area contributed by atoms with Crippen LogP contribution in [-0.2, 0) is 13.0 Å². The molecule has 0 atom stereocenters. The third kappa shape index (κ3) is 2.17. The van der Waals surface area contributed by atoms with E-state index in [0.717, 1.165) is 29.9 Å². The number of hydrogen-bond acceptors (Lipinski definition) is 1. The third-order valence-electron chi connectivity index (χ3n) is 5.84. The van der Waals surface area contributed by atoms with E-state index in [2.05, 4.69) is 5.10 Å². The summed E-state index contributed by atoms with van der Waals surface area (Å²) in [5.41, 5.74) is 1.42. The summed E-state index contributed by atoms with van der Waals surface area (Å²) >= 11 is 0. The highest BCUT2D eigenvalue weighted by Gasteiger charge is 2.50. The molecule has 2 nitrogen and oxygen atoms in total. The average molecular weight is 280 g/mol. The molecule has 0 amide bonds. The molecule has 0 radical (unpaired) electrons. The van der Waals surface area contributed by atoms with E-state index in [1.54, 1.807) is 6.20 Å². The van der Waals surface area contributed by atoms with Gasteiger partial charge in [-0.3, -0.25) is 4.68 Å². The van der Waals surface area contributed by atoms with Gasteiger partial charge >= 0.3 is 0 Å². The molecule has 0 aromatic carbocycles. The smallest absolute Gasteiger partial charge is 0.257 e. The van der Waals surface area contributed by atoms with Crippen LogP contribution in [0.2, 0.25) is 0 Å². The van der Waals surface area contributed by atoms with E-state index in [-0.39, 0.29) is 6.54 Å². The van der Waals surface area contributed by atoms with Crippen LogP contribution >= 0.6 is 0 Å². The summed E-state index contributed by atoms with van der Waals surface area (Å²) in [6.07, 6.45) is 8.56. The fraction of sp³-hybridized carbons (Fsp3) is 0.812. The van der Waals surface area contributed by atoms with Crippen molar-refractivity contribution in [3.8, 4) is 0 Å². The molecule has 0 unspecified atom stereocenters. The Kier molecular flexibility index (Phi) is 2.90. The van der Waals surface area contributed by atoms with Crippen molar-refractivity contribution in [1.29, 1.82) is 0 Å². The first-order chi connectivity index (χ1) is 9.62. The summed E-state index contributed by atoms with van der Waals surface area (Å²) in [7, 11) is 0. The van der Waals surface area contributed by atoms with Crippen LogP contribution in [0.5, 0.6) is 0 Å². The molecule has 1 aromatic heterocycles. The molecule has 1 aromatic rings. The maximum atomic E-state index is 12.6. The van der Waals surface area contributed by atoms with Crippen molar-refractivity contribution in [1.82, 2.24) is 9.78 Å². The van der Waals surface area contributed by atoms with Crippen LogP contribution in [0.3, 0.4) is 0 Å². The van der Waals surface area contributed by atoms with Crippen molar-refractivity contribution >= 4 is 0 Å². The van der Waals surface area contributed by atoms with Crippen molar-refractivity contribution in [3.63, 3.8) is 0 Å². The first kappa shape index (κ1) is 12.8. The number of halogens is 2. The summed E-state index contributed by atoms with van der Waals surface area (Å²) in [6.45, 7) is -0.255. The van der Waals surface area contributed by atoms with Crippen molar-refractivity contribution in [2.24, 2.45) is 23.2 Å². The summed E-state index contributed by atoms with van der Waals surface area (Å²) in [5, 5.41) is 4.09. The molecular weight excluding hydrogens is 258 g/mol. The molecule has 4 bridgehead atoms. The summed E-state index contributed by atoms with van der Waals surface area (Å²) in [5.74, 6) is 2.73. The highest BCUT2D eigenvalue weighted by Crippen LogP contribution is 2.61. The fourth-order valence-corrected chi connectivity index (χ4v) is 5.70. The van der Waals surface area contributed by atoms with Gasteiger partial charge in [-0.15, -0.1) is 0 Å². The van der Waals surface area contributed by atoms with Crippen molar-refractivity contribution in [3.05, 3.63) is 18.0 Å². The maximum Gasteiger partial charge on any atom is 0.257 e. The zero-order valence-corrected chi connectivity index (χ0v) is 11.8. The van der Waals surface area contributed by atoms with E-state index in [9.17, 15) is 8.78 Å². The van der Waals surface area contributed by atoms with Gasteiger partial charge in [0.05, 0.1) is 0 Å². The summed E-state index contributed by atoms with van der Waals surface area (Å²) < 4.78 is 26.8. The van der Waals surface area contributed by atoms with Crippen LogP contribution in [0, 0.1) is 23.2 Å². The summed E-state index contributed by atoms with van der Waals surface area (Å²) in [6, 6.07) is 1.95. The zero-order chi connectivity index (χ0) is 13.7. The van der Waals surface area contributed by atoms with Crippen LogP contribution in [0.15, 0.2) is 12.3 Å². The van der Waals surface area contributed by atoms with E-state index in [0.29, 0.717) is 5.41 Å². The van der Waals surface area contributed by atoms with Crippen LogP contribution < -0.4 is 0 Å². The lowest BCUT2D eigenvalue weighted by molar-refractivity contribution is -0.0534. The number of alkyl halides is 2. The van der Waals surface area contributed by atoms with Gasteiger partial charge < -0.3 is 0 Å². The molecule has 5 rings (SSSR count). The van der Waals surface area contributed by atoms with Gasteiger partial charge in [-0.2, -0.15) is 5.10 Å². The minimum Gasteiger partial charge on any atom is -0.264 e. The van der Waals surface area contributed by atoms with Gasteiger partial charge in [0.1, 0.15) is 6.54 Å². The van der Waals surface area contributed by atoms with Crippen molar-refractivity contribution in [2.45, 2.75) is 57.9 Å². The quantitative estimate of drug-likeness (QED) is 0.817. The Morgan fingerprint density at radius 2 is 1.75 bits per heavy atom. The minimum absolute atomic E-state index is 0.255. The van der Waals surface area contributed by atoms with Crippen LogP contribution in [-0.4, -0.2) is 16.2 Å². The Hall–Kier alpha value is -0.930. The van der Waals surface area contributed by atoms with E-state index in [1.165, 1.54) is 43.2 Å². The zero-order valence-electron chi connectivity index (χ0n) is 11.8. The second kappa shape index (κ2) is 4.54. The second-order valence-corrected chi connectivity index (χ2v) is 7.49. The monoisotopic (exact) mass is 280 g/mol. The molecular formula is C16H22F2N2. The molecule has 110 valence electrons. The van der Waals surface area contributed by atoms with Crippen LogP contribution in [0.4, 0.5) is 8.78 Å². The van der Waals surface area contributed by atoms with E-state index >= 15 is 0 Å². The van der Waals surface area contributed by atoms with Gasteiger partial charge in [-0.25, -0.2) is 8.78 Å². The number of nitrogens with zero attached hydrogens (tertiary/aromatic N) is 2. The van der Waals surface area contributed by atoms with E-state index in [1.807, 2.05) is 6.07 Å². The Balaban J connectivity index is 1.55. The predicted octanol–water partition coefficient (Wildman–Crippen LogP) is 3.91. The standard InChI is InChI=1S/C16H22F2N2/c17-15(18)10-20-14(1-2-19-20)9-16-6-11-3-12(7-16)5-13(4-11)8-16/h1-2,11-13,15H,3-10H2. The average Bonchev–Trinajstić information content (AvgIpc) is 2.73. The highest BCUT2D eigenvalue weighted by molar-refractivity contribution is 5.10. The number of aromatic nitrogens is 2. The lowest BCUT2D eigenvalue weighted by atomic mass is 9.48. The molecule has 4 aliphatic rings. The highest BCUT2D eigenvalue weighted by atomic mass is 19.3. The Morgan fingerprint density at radius 3 is 2.30 bits per heavy atom. The first-order valence-electron chi connectivity index (χ1n) is 7.91. The molecule has 4 aliphatic carbocycles. The van der Waals surface area contributed by atoms with Crippen molar-refractivity contribution < 1.29 is 8.78 Å². The topological polar surface area (TPSA) is 17.8 Å². The first-order valence-corrected chi connectivity index (χ1v) is 7.91. The molecule has 0 saturated heterocycles. The molecule has 0 spiro atoms. The normalized spacial score (nSPS) is 38.9. The number of hydrogen-bond donors (Lipinski definition) is 0. The molecule has 4 saturated carbocycles. The van der Waals surface area contributed by atoms with Crippen LogP contribution in [0.1, 0.15) is 44.2 Å². The predicted molar refractivity (Wildman–Crippen MR) is 72.5 cm³/mol. The summed E-state index contributed by atoms with van der Waals surface area (Å²) in [4.78, 5) is 0. The Labute approximate surface area is 118 Å². The van der Waals surface area contributed by atoms with E-state index in [4.69, 9.17) is 0 Å². The molecule has 4 fully saturated rings. The van der Waals surface area contributed by atoms with Gasteiger partial charge in [0.2, 0.25) is 0 Å². The molecule has 0 aliphatic heterocycles. The Bertz CT molecular complexity index is 459. The van der Waals surface area contributed by atoms with Gasteiger partial charge in [0.15, 0.2) is 0 Å². The van der Waals surface area contributed by atoms with Crippen molar-refractivity contribution in [2.75, 3.05) is 0 Å². The Morgan fingerprint density at radius 1 is 1.15 bits per heavy atom. The molecule has 0 N–H and O–H groups in total. The van der Waals surface area contributed by atoms with Gasteiger partial charge in [0, 0.05) is 11.9 Å². The van der Waals surface area contributed by atoms with Gasteiger partial charge in [-0.1, -0.05) is 0 Å². The lowest BCUT2D eigenvalue weighted by Crippen LogP contribution is -2.47. The van der Waals surface area contributed by atoms with Crippen LogP contribution in [0.25, 0.3) is 0 Å². The SMILES string of the molecule is FC(F)Cn1nccc1CC12CC3CC(CC(C3)C1)C2. The van der Waals surface area contributed by atoms with Gasteiger partial charge in [-0.05, 0) is 74.2 Å². The largest absolute Gasteiger partial charge is 0.264 e. The van der Waals surface area contributed by atoms with E-state index < -0.39 is 6.43 Å². The fourth-order valence-electron chi connectivity index (χ4n) is 5.70. The maximum absolute atomic E-state index is 12.6. The molecule has 1 heterocycles.